The van der Waals surface area contributed by atoms with Gasteiger partial charge >= 0.3 is 0 Å². The van der Waals surface area contributed by atoms with E-state index in [-0.39, 0.29) is 22.6 Å². The Morgan fingerprint density at radius 2 is 1.39 bits per heavy atom. The molecule has 0 radical (unpaired) electrons. The lowest BCUT2D eigenvalue weighted by atomic mass is 10.1. The molecule has 2 N–H and O–H groups in total. The van der Waals surface area contributed by atoms with E-state index < -0.39 is 10.0 Å². The standard InChI is InChI=1S/C20H25N3O4S/c1-14(2)13-19(24)21-16-7-9-17(10-8-16)22-20(25)15-5-11-18(12-6-15)28(26,27)23(3)4/h5-12,14H,13H2,1-4H3,(H,21,24)(H,22,25). The van der Waals surface area contributed by atoms with E-state index >= 15 is 0 Å². The molecule has 0 fully saturated rings. The van der Waals surface area contributed by atoms with Gasteiger partial charge in [-0.15, -0.1) is 0 Å². The smallest absolute Gasteiger partial charge is 0.255 e. The Morgan fingerprint density at radius 1 is 0.893 bits per heavy atom. The number of carbonyl (C=O) groups excluding carboxylic acids is 2. The van der Waals surface area contributed by atoms with Gasteiger partial charge in [-0.1, -0.05) is 13.8 Å². The van der Waals surface area contributed by atoms with Crippen LogP contribution in [0.3, 0.4) is 0 Å². The number of rotatable bonds is 7. The van der Waals surface area contributed by atoms with E-state index in [0.717, 1.165) is 4.31 Å². The van der Waals surface area contributed by atoms with Crippen molar-refractivity contribution in [2.45, 2.75) is 25.2 Å². The number of anilines is 2. The van der Waals surface area contributed by atoms with Gasteiger partial charge in [-0.2, -0.15) is 0 Å². The molecule has 28 heavy (non-hydrogen) atoms. The van der Waals surface area contributed by atoms with E-state index in [1.807, 2.05) is 13.8 Å². The highest BCUT2D eigenvalue weighted by molar-refractivity contribution is 7.89. The summed E-state index contributed by atoms with van der Waals surface area (Å²) in [6.07, 6.45) is 0.442. The minimum atomic E-state index is -3.53. The Hall–Kier alpha value is -2.71. The summed E-state index contributed by atoms with van der Waals surface area (Å²) in [5, 5.41) is 5.54. The normalized spacial score (nSPS) is 11.5. The maximum atomic E-state index is 12.4. The average molecular weight is 404 g/mol. The van der Waals surface area contributed by atoms with E-state index in [4.69, 9.17) is 0 Å². The monoisotopic (exact) mass is 403 g/mol. The van der Waals surface area contributed by atoms with Crippen molar-refractivity contribution < 1.29 is 18.0 Å². The summed E-state index contributed by atoms with van der Waals surface area (Å²) in [5.41, 5.74) is 1.56. The van der Waals surface area contributed by atoms with Crippen LogP contribution in [0.15, 0.2) is 53.4 Å². The Labute approximate surface area is 165 Å². The van der Waals surface area contributed by atoms with Gasteiger partial charge in [0.1, 0.15) is 0 Å². The molecule has 150 valence electrons. The summed E-state index contributed by atoms with van der Waals surface area (Å²) in [6, 6.07) is 12.5. The maximum absolute atomic E-state index is 12.4. The molecular weight excluding hydrogens is 378 g/mol. The summed E-state index contributed by atoms with van der Waals surface area (Å²) >= 11 is 0. The van der Waals surface area contributed by atoms with Gasteiger partial charge in [0.2, 0.25) is 15.9 Å². The third-order valence-electron chi connectivity index (χ3n) is 3.92. The number of nitrogens with zero attached hydrogens (tertiary/aromatic N) is 1. The molecule has 7 nitrogen and oxygen atoms in total. The van der Waals surface area contributed by atoms with Crippen LogP contribution in [0.25, 0.3) is 0 Å². The van der Waals surface area contributed by atoms with E-state index in [1.165, 1.54) is 38.4 Å². The fourth-order valence-corrected chi connectivity index (χ4v) is 3.31. The van der Waals surface area contributed by atoms with Gasteiger partial charge < -0.3 is 10.6 Å². The second-order valence-electron chi connectivity index (χ2n) is 6.99. The first kappa shape index (κ1) is 21.6. The van der Waals surface area contributed by atoms with Gasteiger partial charge in [0, 0.05) is 37.5 Å². The zero-order valence-corrected chi connectivity index (χ0v) is 17.2. The van der Waals surface area contributed by atoms with Crippen LogP contribution in [0.4, 0.5) is 11.4 Å². The fraction of sp³-hybridized carbons (Fsp3) is 0.300. The van der Waals surface area contributed by atoms with Gasteiger partial charge in [-0.05, 0) is 54.4 Å². The molecule has 0 unspecified atom stereocenters. The van der Waals surface area contributed by atoms with Crippen molar-refractivity contribution in [2.75, 3.05) is 24.7 Å². The van der Waals surface area contributed by atoms with Gasteiger partial charge in [0.15, 0.2) is 0 Å². The number of amides is 2. The van der Waals surface area contributed by atoms with E-state index in [2.05, 4.69) is 10.6 Å². The molecule has 0 aliphatic heterocycles. The number of benzene rings is 2. The summed E-state index contributed by atoms with van der Waals surface area (Å²) in [7, 11) is -0.635. The summed E-state index contributed by atoms with van der Waals surface area (Å²) in [6.45, 7) is 3.95. The molecule has 2 amide bonds. The second-order valence-corrected chi connectivity index (χ2v) is 9.14. The Balaban J connectivity index is 2.02. The SMILES string of the molecule is CC(C)CC(=O)Nc1ccc(NC(=O)c2ccc(S(=O)(=O)N(C)C)cc2)cc1. The molecule has 2 rings (SSSR count). The van der Waals surface area contributed by atoms with E-state index in [9.17, 15) is 18.0 Å². The first-order valence-corrected chi connectivity index (χ1v) is 10.3. The highest BCUT2D eigenvalue weighted by atomic mass is 32.2. The minimum Gasteiger partial charge on any atom is -0.326 e. The quantitative estimate of drug-likeness (QED) is 0.742. The highest BCUT2D eigenvalue weighted by Crippen LogP contribution is 2.17. The maximum Gasteiger partial charge on any atom is 0.255 e. The van der Waals surface area contributed by atoms with Gasteiger partial charge in [-0.3, -0.25) is 9.59 Å². The summed E-state index contributed by atoms with van der Waals surface area (Å²) < 4.78 is 25.2. The van der Waals surface area contributed by atoms with Crippen molar-refractivity contribution in [2.24, 2.45) is 5.92 Å². The van der Waals surface area contributed by atoms with Crippen LogP contribution >= 0.6 is 0 Å². The molecule has 2 aromatic carbocycles. The number of sulfonamides is 1. The second kappa shape index (κ2) is 8.99. The first-order valence-electron chi connectivity index (χ1n) is 8.83. The first-order chi connectivity index (χ1) is 13.1. The molecule has 8 heteroatoms. The van der Waals surface area contributed by atoms with Crippen molar-refractivity contribution in [3.63, 3.8) is 0 Å². The predicted molar refractivity (Wildman–Crippen MR) is 110 cm³/mol. The van der Waals surface area contributed by atoms with Crippen molar-refractivity contribution >= 4 is 33.2 Å². The number of hydrogen-bond acceptors (Lipinski definition) is 4. The Bertz CT molecular complexity index is 934. The fourth-order valence-electron chi connectivity index (χ4n) is 2.41. The van der Waals surface area contributed by atoms with Crippen LogP contribution in [0.2, 0.25) is 0 Å². The molecule has 0 atom stereocenters. The zero-order chi connectivity index (χ0) is 20.9. The molecule has 0 saturated heterocycles. The van der Waals surface area contributed by atoms with Crippen LogP contribution in [-0.2, 0) is 14.8 Å². The molecule has 0 aliphatic carbocycles. The molecular formula is C20H25N3O4S. The third kappa shape index (κ3) is 5.64. The zero-order valence-electron chi connectivity index (χ0n) is 16.4. The van der Waals surface area contributed by atoms with Crippen molar-refractivity contribution in [3.8, 4) is 0 Å². The van der Waals surface area contributed by atoms with Crippen LogP contribution in [0, 0.1) is 5.92 Å². The predicted octanol–water partition coefficient (Wildman–Crippen LogP) is 3.17. The third-order valence-corrected chi connectivity index (χ3v) is 5.74. The summed E-state index contributed by atoms with van der Waals surface area (Å²) in [4.78, 5) is 24.3. The topological polar surface area (TPSA) is 95.6 Å². The molecule has 0 aromatic heterocycles. The Kier molecular flexibility index (Phi) is 6.93. The van der Waals surface area contributed by atoms with Gasteiger partial charge in [0.05, 0.1) is 4.90 Å². The van der Waals surface area contributed by atoms with E-state index in [0.29, 0.717) is 23.4 Å². The molecule has 0 saturated carbocycles. The van der Waals surface area contributed by atoms with Crippen molar-refractivity contribution in [1.82, 2.24) is 4.31 Å². The van der Waals surface area contributed by atoms with Gasteiger partial charge in [-0.25, -0.2) is 12.7 Å². The van der Waals surface area contributed by atoms with Gasteiger partial charge in [0.25, 0.3) is 5.91 Å². The largest absolute Gasteiger partial charge is 0.326 e. The van der Waals surface area contributed by atoms with Crippen molar-refractivity contribution in [1.29, 1.82) is 0 Å². The Morgan fingerprint density at radius 3 is 1.86 bits per heavy atom. The van der Waals surface area contributed by atoms with Crippen LogP contribution in [0.5, 0.6) is 0 Å². The minimum absolute atomic E-state index is 0.0560. The lowest BCUT2D eigenvalue weighted by Crippen LogP contribution is -2.22. The number of carbonyl (C=O) groups is 2. The summed E-state index contributed by atoms with van der Waals surface area (Å²) in [5.74, 6) is -0.136. The number of hydrogen-bond donors (Lipinski definition) is 2. The molecule has 0 aliphatic rings. The molecule has 0 heterocycles. The van der Waals surface area contributed by atoms with Crippen LogP contribution < -0.4 is 10.6 Å². The lowest BCUT2D eigenvalue weighted by molar-refractivity contribution is -0.116. The van der Waals surface area contributed by atoms with E-state index in [1.54, 1.807) is 24.3 Å². The van der Waals surface area contributed by atoms with Crippen molar-refractivity contribution in [3.05, 3.63) is 54.1 Å². The lowest BCUT2D eigenvalue weighted by Gasteiger charge is -2.12. The van der Waals surface area contributed by atoms with Crippen LogP contribution in [0.1, 0.15) is 30.6 Å². The molecule has 2 aromatic rings. The average Bonchev–Trinajstić information content (AvgIpc) is 2.62. The van der Waals surface area contributed by atoms with Crippen LogP contribution in [-0.4, -0.2) is 38.6 Å². The molecule has 0 spiro atoms. The number of nitrogens with one attached hydrogen (secondary N) is 2. The highest BCUT2D eigenvalue weighted by Gasteiger charge is 2.17. The molecule has 0 bridgehead atoms.